The summed E-state index contributed by atoms with van der Waals surface area (Å²) in [5.41, 5.74) is -0.451. The van der Waals surface area contributed by atoms with E-state index in [0.717, 1.165) is 0 Å². The molecule has 116 valence electrons. The fourth-order valence-corrected chi connectivity index (χ4v) is 4.24. The number of ether oxygens (including phenoxy) is 1. The van der Waals surface area contributed by atoms with Crippen molar-refractivity contribution in [1.82, 2.24) is 4.31 Å². The Kier molecular flexibility index (Phi) is 4.36. The third-order valence-electron chi connectivity index (χ3n) is 3.84. The van der Waals surface area contributed by atoms with Crippen molar-refractivity contribution >= 4 is 16.0 Å². The molecule has 7 heteroatoms. The van der Waals surface area contributed by atoms with Crippen molar-refractivity contribution < 1.29 is 23.1 Å². The molecule has 21 heavy (non-hydrogen) atoms. The number of aliphatic carboxylic acids is 1. The van der Waals surface area contributed by atoms with E-state index in [1.165, 1.54) is 17.5 Å². The number of rotatable bonds is 5. The smallest absolute Gasteiger partial charge is 0.310 e. The number of benzene rings is 1. The summed E-state index contributed by atoms with van der Waals surface area (Å²) in [6.07, 6.45) is 0.314. The second kappa shape index (κ2) is 5.75. The zero-order chi connectivity index (χ0) is 15.7. The van der Waals surface area contributed by atoms with Crippen LogP contribution in [0.1, 0.15) is 18.9 Å². The highest BCUT2D eigenvalue weighted by atomic mass is 32.2. The van der Waals surface area contributed by atoms with Gasteiger partial charge in [0.15, 0.2) is 0 Å². The highest BCUT2D eigenvalue weighted by Gasteiger charge is 2.45. The summed E-state index contributed by atoms with van der Waals surface area (Å²) in [6.45, 7) is 1.98. The lowest BCUT2D eigenvalue weighted by molar-refractivity contribution is -0.146. The maximum Gasteiger partial charge on any atom is 0.310 e. The second-order valence-corrected chi connectivity index (χ2v) is 7.40. The summed E-state index contributed by atoms with van der Waals surface area (Å²) in [7, 11) is -2.21. The van der Waals surface area contributed by atoms with Gasteiger partial charge in [0.25, 0.3) is 0 Å². The Bertz CT molecular complexity index is 643. The molecule has 2 rings (SSSR count). The van der Waals surface area contributed by atoms with Crippen LogP contribution in [-0.4, -0.2) is 44.0 Å². The number of hydrogen-bond acceptors (Lipinski definition) is 4. The highest BCUT2D eigenvalue weighted by molar-refractivity contribution is 7.89. The van der Waals surface area contributed by atoms with Crippen molar-refractivity contribution in [3.05, 3.63) is 29.8 Å². The number of hydrogen-bond donors (Lipinski definition) is 1. The first-order chi connectivity index (χ1) is 9.81. The largest absolute Gasteiger partial charge is 0.481 e. The topological polar surface area (TPSA) is 83.9 Å². The van der Waals surface area contributed by atoms with Crippen molar-refractivity contribution in [2.75, 3.05) is 20.2 Å². The monoisotopic (exact) mass is 313 g/mol. The molecule has 1 saturated heterocycles. The van der Waals surface area contributed by atoms with Gasteiger partial charge in [-0.05, 0) is 25.0 Å². The zero-order valence-corrected chi connectivity index (χ0v) is 12.9. The third kappa shape index (κ3) is 2.95. The van der Waals surface area contributed by atoms with E-state index in [4.69, 9.17) is 4.74 Å². The van der Waals surface area contributed by atoms with Crippen LogP contribution in [0, 0.1) is 5.41 Å². The molecule has 1 fully saturated rings. The normalized spacial score (nSPS) is 23.3. The summed E-state index contributed by atoms with van der Waals surface area (Å²) in [6, 6.07) is 6.63. The molecular formula is C14H19NO5S. The fourth-order valence-electron chi connectivity index (χ4n) is 2.47. The summed E-state index contributed by atoms with van der Waals surface area (Å²) in [4.78, 5) is 11.4. The van der Waals surface area contributed by atoms with E-state index in [2.05, 4.69) is 0 Å². The van der Waals surface area contributed by atoms with Crippen molar-refractivity contribution in [1.29, 1.82) is 0 Å². The van der Waals surface area contributed by atoms with Crippen molar-refractivity contribution in [2.45, 2.75) is 24.8 Å². The van der Waals surface area contributed by atoms with E-state index < -0.39 is 21.4 Å². The standard InChI is InChI=1S/C14H19NO5S/c1-14(13(16)17)7-8-15(10-14)21(18,19)12-6-4-3-5-11(12)9-20-2/h3-6H,7-10H2,1-2H3,(H,16,17). The highest BCUT2D eigenvalue weighted by Crippen LogP contribution is 2.34. The third-order valence-corrected chi connectivity index (χ3v) is 5.79. The van der Waals surface area contributed by atoms with Crippen LogP contribution in [0.15, 0.2) is 29.2 Å². The Morgan fingerprint density at radius 3 is 2.67 bits per heavy atom. The van der Waals surface area contributed by atoms with Crippen LogP contribution in [0.3, 0.4) is 0 Å². The van der Waals surface area contributed by atoms with Crippen LogP contribution in [0.25, 0.3) is 0 Å². The average molecular weight is 313 g/mol. The first-order valence-corrected chi connectivity index (χ1v) is 8.06. The lowest BCUT2D eigenvalue weighted by atomic mass is 9.90. The molecule has 1 aromatic carbocycles. The molecule has 1 atom stereocenters. The quantitative estimate of drug-likeness (QED) is 0.886. The van der Waals surface area contributed by atoms with Gasteiger partial charge < -0.3 is 9.84 Å². The predicted octanol–water partition coefficient (Wildman–Crippen LogP) is 1.32. The Morgan fingerprint density at radius 2 is 2.10 bits per heavy atom. The second-order valence-electron chi connectivity index (χ2n) is 5.50. The Morgan fingerprint density at radius 1 is 1.43 bits per heavy atom. The van der Waals surface area contributed by atoms with Gasteiger partial charge in [-0.1, -0.05) is 18.2 Å². The maximum atomic E-state index is 12.7. The SMILES string of the molecule is COCc1ccccc1S(=O)(=O)N1CCC(C)(C(=O)O)C1. The number of sulfonamides is 1. The predicted molar refractivity (Wildman–Crippen MR) is 76.3 cm³/mol. The summed E-state index contributed by atoms with van der Waals surface area (Å²) >= 11 is 0. The van der Waals surface area contributed by atoms with Crippen LogP contribution in [0.4, 0.5) is 0 Å². The van der Waals surface area contributed by atoms with Crippen LogP contribution in [0.2, 0.25) is 0 Å². The zero-order valence-electron chi connectivity index (χ0n) is 12.1. The summed E-state index contributed by atoms with van der Waals surface area (Å²) in [5, 5.41) is 9.22. The Balaban J connectivity index is 2.34. The molecule has 1 aliphatic rings. The molecule has 0 spiro atoms. The van der Waals surface area contributed by atoms with Gasteiger partial charge in [0, 0.05) is 20.2 Å². The molecule has 1 N–H and O–H groups in total. The molecule has 0 saturated carbocycles. The minimum atomic E-state index is -3.71. The van der Waals surface area contributed by atoms with Gasteiger partial charge in [0.2, 0.25) is 10.0 Å². The molecule has 0 aromatic heterocycles. The van der Waals surface area contributed by atoms with E-state index in [-0.39, 0.29) is 24.6 Å². The minimum Gasteiger partial charge on any atom is -0.481 e. The van der Waals surface area contributed by atoms with Gasteiger partial charge in [-0.3, -0.25) is 4.79 Å². The van der Waals surface area contributed by atoms with Gasteiger partial charge >= 0.3 is 5.97 Å². The molecule has 1 heterocycles. The molecule has 0 bridgehead atoms. The van der Waals surface area contributed by atoms with E-state index in [9.17, 15) is 18.3 Å². The number of carboxylic acid groups (broad SMARTS) is 1. The minimum absolute atomic E-state index is 0.00795. The average Bonchev–Trinajstić information content (AvgIpc) is 2.84. The van der Waals surface area contributed by atoms with Crippen LogP contribution in [0.5, 0.6) is 0 Å². The van der Waals surface area contributed by atoms with Crippen molar-refractivity contribution in [3.63, 3.8) is 0 Å². The number of methoxy groups -OCH3 is 1. The molecule has 1 aromatic rings. The number of carbonyl (C=O) groups is 1. The first kappa shape index (κ1) is 15.9. The van der Waals surface area contributed by atoms with Gasteiger partial charge in [0.1, 0.15) is 0 Å². The molecule has 0 amide bonds. The van der Waals surface area contributed by atoms with Crippen molar-refractivity contribution in [2.24, 2.45) is 5.41 Å². The Labute approximate surface area is 124 Å². The molecule has 0 radical (unpaired) electrons. The fraction of sp³-hybridized carbons (Fsp3) is 0.500. The molecule has 0 aliphatic carbocycles. The molecule has 1 aliphatic heterocycles. The van der Waals surface area contributed by atoms with Crippen molar-refractivity contribution in [3.8, 4) is 0 Å². The molecule has 1 unspecified atom stereocenters. The van der Waals surface area contributed by atoms with Gasteiger partial charge in [0.05, 0.1) is 16.9 Å². The summed E-state index contributed by atoms with van der Waals surface area (Å²) in [5.74, 6) is -0.967. The van der Waals surface area contributed by atoms with E-state index >= 15 is 0 Å². The number of carboxylic acids is 1. The van der Waals surface area contributed by atoms with Gasteiger partial charge in [-0.2, -0.15) is 4.31 Å². The van der Waals surface area contributed by atoms with Gasteiger partial charge in [-0.15, -0.1) is 0 Å². The summed E-state index contributed by atoms with van der Waals surface area (Å²) < 4.78 is 31.7. The lowest BCUT2D eigenvalue weighted by Gasteiger charge is -2.21. The van der Waals surface area contributed by atoms with Crippen LogP contribution < -0.4 is 0 Å². The van der Waals surface area contributed by atoms with E-state index in [0.29, 0.717) is 12.0 Å². The Hall–Kier alpha value is -1.44. The molecular weight excluding hydrogens is 294 g/mol. The number of nitrogens with zero attached hydrogens (tertiary/aromatic N) is 1. The van der Waals surface area contributed by atoms with Crippen LogP contribution >= 0.6 is 0 Å². The lowest BCUT2D eigenvalue weighted by Crippen LogP contribution is -2.35. The van der Waals surface area contributed by atoms with E-state index in [1.807, 2.05) is 0 Å². The first-order valence-electron chi connectivity index (χ1n) is 6.62. The van der Waals surface area contributed by atoms with Crippen LogP contribution in [-0.2, 0) is 26.2 Å². The maximum absolute atomic E-state index is 12.7. The molecule has 6 nitrogen and oxygen atoms in total. The van der Waals surface area contributed by atoms with E-state index in [1.54, 1.807) is 25.1 Å². The van der Waals surface area contributed by atoms with Gasteiger partial charge in [-0.25, -0.2) is 8.42 Å².